The number of hydrogen-bond donors (Lipinski definition) is 1. The zero-order valence-electron chi connectivity index (χ0n) is 10.8. The molecule has 1 aliphatic heterocycles. The maximum absolute atomic E-state index is 11.3. The van der Waals surface area contributed by atoms with Gasteiger partial charge in [0.25, 0.3) is 6.01 Å². The molecule has 1 aromatic heterocycles. The van der Waals surface area contributed by atoms with E-state index in [0.717, 1.165) is 18.6 Å². The average Bonchev–Trinajstić information content (AvgIpc) is 2.81. The normalized spacial score (nSPS) is 16.1. The van der Waals surface area contributed by atoms with E-state index in [2.05, 4.69) is 9.88 Å². The van der Waals surface area contributed by atoms with E-state index < -0.39 is 0 Å². The smallest absolute Gasteiger partial charge is 0.298 e. The van der Waals surface area contributed by atoms with Crippen LogP contribution in [0.1, 0.15) is 6.92 Å². The highest BCUT2D eigenvalue weighted by molar-refractivity contribution is 5.78. The molecule has 19 heavy (non-hydrogen) atoms. The molecule has 2 heterocycles. The van der Waals surface area contributed by atoms with Gasteiger partial charge in [-0.1, -0.05) is 0 Å². The molecule has 100 valence electrons. The van der Waals surface area contributed by atoms with E-state index >= 15 is 0 Å². The van der Waals surface area contributed by atoms with Gasteiger partial charge < -0.3 is 20.0 Å². The van der Waals surface area contributed by atoms with Crippen LogP contribution in [0.5, 0.6) is 0 Å². The topological polar surface area (TPSA) is 75.6 Å². The van der Waals surface area contributed by atoms with E-state index in [1.807, 2.05) is 17.0 Å². The lowest BCUT2D eigenvalue weighted by Gasteiger charge is -2.33. The second kappa shape index (κ2) is 4.46. The molecule has 1 fully saturated rings. The summed E-state index contributed by atoms with van der Waals surface area (Å²) in [6.45, 7) is 4.48. The number of rotatable bonds is 1. The van der Waals surface area contributed by atoms with Gasteiger partial charge in [-0.05, 0) is 12.1 Å². The molecule has 0 spiro atoms. The Bertz CT molecular complexity index is 614. The van der Waals surface area contributed by atoms with Crippen molar-refractivity contribution in [2.75, 3.05) is 36.8 Å². The van der Waals surface area contributed by atoms with Crippen molar-refractivity contribution in [3.05, 3.63) is 18.2 Å². The van der Waals surface area contributed by atoms with E-state index in [0.29, 0.717) is 30.4 Å². The van der Waals surface area contributed by atoms with E-state index in [4.69, 9.17) is 10.2 Å². The summed E-state index contributed by atoms with van der Waals surface area (Å²) < 4.78 is 5.72. The highest BCUT2D eigenvalue weighted by Crippen LogP contribution is 2.24. The number of piperazine rings is 1. The SMILES string of the molecule is CC(=O)N1CCN(c2nc3ccc(N)cc3o2)CC1. The number of amides is 1. The maximum Gasteiger partial charge on any atom is 0.298 e. The van der Waals surface area contributed by atoms with Crippen molar-refractivity contribution in [3.8, 4) is 0 Å². The van der Waals surface area contributed by atoms with Gasteiger partial charge in [0.1, 0.15) is 5.52 Å². The zero-order valence-corrected chi connectivity index (χ0v) is 10.8. The van der Waals surface area contributed by atoms with Crippen LogP contribution in [-0.4, -0.2) is 42.0 Å². The Morgan fingerprint density at radius 3 is 2.74 bits per heavy atom. The quantitative estimate of drug-likeness (QED) is 0.776. The molecular formula is C13H16N4O2. The number of anilines is 2. The first-order valence-corrected chi connectivity index (χ1v) is 6.30. The summed E-state index contributed by atoms with van der Waals surface area (Å²) in [5, 5.41) is 0. The van der Waals surface area contributed by atoms with Crippen molar-refractivity contribution in [2.45, 2.75) is 6.92 Å². The lowest BCUT2D eigenvalue weighted by molar-refractivity contribution is -0.129. The average molecular weight is 260 g/mol. The Morgan fingerprint density at radius 1 is 1.32 bits per heavy atom. The Labute approximate surface area is 110 Å². The fraction of sp³-hybridized carbons (Fsp3) is 0.385. The molecule has 2 N–H and O–H groups in total. The minimum absolute atomic E-state index is 0.116. The second-order valence-corrected chi connectivity index (χ2v) is 4.72. The summed E-state index contributed by atoms with van der Waals surface area (Å²) in [5.41, 5.74) is 7.88. The van der Waals surface area contributed by atoms with Crippen LogP contribution in [0.2, 0.25) is 0 Å². The first-order chi connectivity index (χ1) is 9.13. The molecule has 0 saturated carbocycles. The third-order valence-electron chi connectivity index (χ3n) is 3.40. The monoisotopic (exact) mass is 260 g/mol. The molecule has 1 amide bonds. The van der Waals surface area contributed by atoms with Crippen LogP contribution in [0.4, 0.5) is 11.7 Å². The van der Waals surface area contributed by atoms with Crippen molar-refractivity contribution in [3.63, 3.8) is 0 Å². The van der Waals surface area contributed by atoms with Crippen molar-refractivity contribution >= 4 is 28.7 Å². The predicted octanol–water partition coefficient (Wildman–Crippen LogP) is 1.08. The Kier molecular flexibility index (Phi) is 2.77. The molecule has 1 aliphatic rings. The van der Waals surface area contributed by atoms with Crippen molar-refractivity contribution < 1.29 is 9.21 Å². The minimum Gasteiger partial charge on any atom is -0.423 e. The summed E-state index contributed by atoms with van der Waals surface area (Å²) in [6, 6.07) is 6.03. The first-order valence-electron chi connectivity index (χ1n) is 6.30. The highest BCUT2D eigenvalue weighted by atomic mass is 16.4. The third kappa shape index (κ3) is 2.21. The molecule has 6 heteroatoms. The highest BCUT2D eigenvalue weighted by Gasteiger charge is 2.22. The molecular weight excluding hydrogens is 244 g/mol. The first kappa shape index (κ1) is 11.8. The van der Waals surface area contributed by atoms with Crippen LogP contribution in [0.25, 0.3) is 11.1 Å². The van der Waals surface area contributed by atoms with Gasteiger partial charge in [0.05, 0.1) is 0 Å². The number of fused-ring (bicyclic) bond motifs is 1. The van der Waals surface area contributed by atoms with E-state index in [-0.39, 0.29) is 5.91 Å². The van der Waals surface area contributed by atoms with Gasteiger partial charge in [-0.3, -0.25) is 4.79 Å². The molecule has 2 aromatic rings. The fourth-order valence-corrected chi connectivity index (χ4v) is 2.28. The van der Waals surface area contributed by atoms with Crippen LogP contribution in [0.15, 0.2) is 22.6 Å². The number of nitrogens with two attached hydrogens (primary N) is 1. The fourth-order valence-electron chi connectivity index (χ4n) is 2.28. The van der Waals surface area contributed by atoms with Crippen LogP contribution in [-0.2, 0) is 4.79 Å². The number of aromatic nitrogens is 1. The summed E-state index contributed by atoms with van der Waals surface area (Å²) in [6.07, 6.45) is 0. The number of hydrogen-bond acceptors (Lipinski definition) is 5. The lowest BCUT2D eigenvalue weighted by Crippen LogP contribution is -2.48. The molecule has 0 aliphatic carbocycles. The van der Waals surface area contributed by atoms with Gasteiger partial charge in [0.15, 0.2) is 5.58 Å². The molecule has 1 aromatic carbocycles. The van der Waals surface area contributed by atoms with Gasteiger partial charge >= 0.3 is 0 Å². The summed E-state index contributed by atoms with van der Waals surface area (Å²) in [5.74, 6) is 0.116. The minimum atomic E-state index is 0.116. The summed E-state index contributed by atoms with van der Waals surface area (Å²) in [7, 11) is 0. The molecule has 3 rings (SSSR count). The summed E-state index contributed by atoms with van der Waals surface area (Å²) >= 11 is 0. The van der Waals surface area contributed by atoms with Crippen molar-refractivity contribution in [1.82, 2.24) is 9.88 Å². The molecule has 1 saturated heterocycles. The van der Waals surface area contributed by atoms with E-state index in [1.54, 1.807) is 13.0 Å². The predicted molar refractivity (Wildman–Crippen MR) is 72.9 cm³/mol. The molecule has 0 bridgehead atoms. The van der Waals surface area contributed by atoms with E-state index in [1.165, 1.54) is 0 Å². The summed E-state index contributed by atoms with van der Waals surface area (Å²) in [4.78, 5) is 19.6. The number of benzene rings is 1. The van der Waals surface area contributed by atoms with Crippen molar-refractivity contribution in [1.29, 1.82) is 0 Å². The standard InChI is InChI=1S/C13H16N4O2/c1-9(18)16-4-6-17(7-5-16)13-15-11-3-2-10(14)8-12(11)19-13/h2-3,8H,4-7,14H2,1H3. The third-order valence-corrected chi connectivity index (χ3v) is 3.40. The number of carbonyl (C=O) groups is 1. The molecule has 0 atom stereocenters. The van der Waals surface area contributed by atoms with Gasteiger partial charge in [0, 0.05) is 44.9 Å². The zero-order chi connectivity index (χ0) is 13.4. The van der Waals surface area contributed by atoms with Crippen molar-refractivity contribution in [2.24, 2.45) is 0 Å². The Balaban J connectivity index is 1.80. The van der Waals surface area contributed by atoms with Crippen LogP contribution < -0.4 is 10.6 Å². The van der Waals surface area contributed by atoms with Gasteiger partial charge in [0.2, 0.25) is 5.91 Å². The largest absolute Gasteiger partial charge is 0.423 e. The van der Waals surface area contributed by atoms with Gasteiger partial charge in [-0.25, -0.2) is 0 Å². The maximum atomic E-state index is 11.3. The second-order valence-electron chi connectivity index (χ2n) is 4.72. The van der Waals surface area contributed by atoms with E-state index in [9.17, 15) is 4.79 Å². The molecule has 0 radical (unpaired) electrons. The van der Waals surface area contributed by atoms with Gasteiger partial charge in [-0.15, -0.1) is 0 Å². The number of carbonyl (C=O) groups excluding carboxylic acids is 1. The Morgan fingerprint density at radius 2 is 2.05 bits per heavy atom. The van der Waals surface area contributed by atoms with Crippen LogP contribution in [0.3, 0.4) is 0 Å². The lowest BCUT2D eigenvalue weighted by atomic mass is 10.3. The van der Waals surface area contributed by atoms with Crippen LogP contribution >= 0.6 is 0 Å². The van der Waals surface area contributed by atoms with Crippen LogP contribution in [0, 0.1) is 0 Å². The number of nitrogens with zero attached hydrogens (tertiary/aromatic N) is 3. The molecule has 0 unspecified atom stereocenters. The number of oxazole rings is 1. The number of nitrogen functional groups attached to an aromatic ring is 1. The molecule has 6 nitrogen and oxygen atoms in total. The Hall–Kier alpha value is -2.24. The van der Waals surface area contributed by atoms with Gasteiger partial charge in [-0.2, -0.15) is 4.98 Å².